The molecule has 1 aliphatic heterocycles. The molecule has 0 aromatic heterocycles. The van der Waals surface area contributed by atoms with E-state index in [0.29, 0.717) is 5.69 Å². The Balaban J connectivity index is 1.87. The summed E-state index contributed by atoms with van der Waals surface area (Å²) in [6, 6.07) is 17.6. The van der Waals surface area contributed by atoms with Gasteiger partial charge < -0.3 is 25.4 Å². The number of nitrogens with zero attached hydrogens (tertiary/aromatic N) is 1. The Labute approximate surface area is 170 Å². The summed E-state index contributed by atoms with van der Waals surface area (Å²) in [5.74, 6) is -0.908. The van der Waals surface area contributed by atoms with Crippen molar-refractivity contribution in [1.29, 1.82) is 0 Å². The van der Waals surface area contributed by atoms with E-state index in [1.54, 1.807) is 0 Å². The molecule has 0 spiro atoms. The molecular weight excluding hydrogens is 370 g/mol. The van der Waals surface area contributed by atoms with Crippen molar-refractivity contribution < 1.29 is 19.4 Å². The van der Waals surface area contributed by atoms with Gasteiger partial charge in [0.05, 0.1) is 37.2 Å². The molecule has 3 N–H and O–H groups in total. The Morgan fingerprint density at radius 2 is 1.79 bits per heavy atom. The molecule has 2 aromatic rings. The number of ether oxygens (including phenoxy) is 1. The van der Waals surface area contributed by atoms with Crippen LogP contribution in [0.25, 0.3) is 0 Å². The second-order valence-corrected chi connectivity index (χ2v) is 6.74. The number of hydrogen-bond donors (Lipinski definition) is 3. The van der Waals surface area contributed by atoms with Gasteiger partial charge in [-0.1, -0.05) is 42.5 Å². The highest BCUT2D eigenvalue weighted by Gasteiger charge is 2.34. The third-order valence-corrected chi connectivity index (χ3v) is 4.81. The van der Waals surface area contributed by atoms with E-state index < -0.39 is 5.97 Å². The number of anilines is 2. The lowest BCUT2D eigenvalue weighted by atomic mass is 10.1. The quantitative estimate of drug-likeness (QED) is 0.595. The molecule has 0 fully saturated rings. The number of aliphatic hydroxyl groups excluding tert-OH is 1. The minimum absolute atomic E-state index is 0.0402. The molecule has 1 atom stereocenters. The number of benzene rings is 2. The van der Waals surface area contributed by atoms with Crippen molar-refractivity contribution in [1.82, 2.24) is 4.90 Å². The number of β-amino-alcohol motifs (C(OH)–C–C–N with tert-alkyl or cyclic N) is 1. The fourth-order valence-electron chi connectivity index (χ4n) is 3.26. The van der Waals surface area contributed by atoms with Crippen molar-refractivity contribution in [2.24, 2.45) is 0 Å². The second kappa shape index (κ2) is 9.25. The van der Waals surface area contributed by atoms with Gasteiger partial charge in [0.15, 0.2) is 0 Å². The van der Waals surface area contributed by atoms with Gasteiger partial charge in [0.1, 0.15) is 5.70 Å². The molecule has 1 heterocycles. The molecule has 29 heavy (non-hydrogen) atoms. The van der Waals surface area contributed by atoms with Gasteiger partial charge in [0, 0.05) is 12.6 Å². The molecule has 152 valence electrons. The molecule has 0 saturated heterocycles. The van der Waals surface area contributed by atoms with Crippen LogP contribution in [0, 0.1) is 0 Å². The number of methoxy groups -OCH3 is 1. The average molecular weight is 395 g/mol. The van der Waals surface area contributed by atoms with Crippen LogP contribution in [0.4, 0.5) is 11.4 Å². The first-order chi connectivity index (χ1) is 14.0. The van der Waals surface area contributed by atoms with Gasteiger partial charge in [0.2, 0.25) is 0 Å². The Morgan fingerprint density at radius 3 is 2.45 bits per heavy atom. The van der Waals surface area contributed by atoms with E-state index >= 15 is 0 Å². The number of carbonyl (C=O) groups excluding carboxylic acids is 2. The number of amides is 1. The molecule has 0 aliphatic carbocycles. The summed E-state index contributed by atoms with van der Waals surface area (Å²) in [4.78, 5) is 26.3. The number of aliphatic hydroxyl groups is 1. The molecule has 7 nitrogen and oxygen atoms in total. The van der Waals surface area contributed by atoms with E-state index in [9.17, 15) is 14.7 Å². The highest BCUT2D eigenvalue weighted by molar-refractivity contribution is 6.09. The van der Waals surface area contributed by atoms with Crippen LogP contribution in [0.5, 0.6) is 0 Å². The maximum atomic E-state index is 12.8. The SMILES string of the molecule is COC(=O)C1=C(Nc2ccccc2NC(C)c2ccccc2)C(=O)N(CCO)C1. The van der Waals surface area contributed by atoms with Crippen LogP contribution in [0.15, 0.2) is 65.9 Å². The Kier molecular flexibility index (Phi) is 6.51. The summed E-state index contributed by atoms with van der Waals surface area (Å²) in [6.45, 7) is 2.12. The van der Waals surface area contributed by atoms with E-state index in [0.717, 1.165) is 11.3 Å². The normalized spacial score (nSPS) is 14.7. The summed E-state index contributed by atoms with van der Waals surface area (Å²) < 4.78 is 4.84. The minimum Gasteiger partial charge on any atom is -0.466 e. The summed E-state index contributed by atoms with van der Waals surface area (Å²) in [5.41, 5.74) is 3.02. The highest BCUT2D eigenvalue weighted by Crippen LogP contribution is 2.30. The highest BCUT2D eigenvalue weighted by atomic mass is 16.5. The van der Waals surface area contributed by atoms with Gasteiger partial charge in [-0.25, -0.2) is 4.79 Å². The summed E-state index contributed by atoms with van der Waals surface area (Å²) in [6.07, 6.45) is 0. The van der Waals surface area contributed by atoms with Crippen LogP contribution in [0.1, 0.15) is 18.5 Å². The first-order valence-electron chi connectivity index (χ1n) is 9.44. The largest absolute Gasteiger partial charge is 0.466 e. The number of carbonyl (C=O) groups is 2. The molecular formula is C22H25N3O4. The monoisotopic (exact) mass is 395 g/mol. The molecule has 0 saturated carbocycles. The zero-order chi connectivity index (χ0) is 20.8. The van der Waals surface area contributed by atoms with Gasteiger partial charge in [0.25, 0.3) is 5.91 Å². The third kappa shape index (κ3) is 4.57. The van der Waals surface area contributed by atoms with Crippen LogP contribution in [-0.2, 0) is 14.3 Å². The zero-order valence-corrected chi connectivity index (χ0v) is 16.5. The molecule has 1 amide bonds. The van der Waals surface area contributed by atoms with Crippen LogP contribution in [-0.4, -0.2) is 48.7 Å². The fraction of sp³-hybridized carbons (Fsp3) is 0.273. The maximum Gasteiger partial charge on any atom is 0.337 e. The Hall–Kier alpha value is -3.32. The van der Waals surface area contributed by atoms with E-state index in [-0.39, 0.29) is 42.9 Å². The zero-order valence-electron chi connectivity index (χ0n) is 16.5. The smallest absolute Gasteiger partial charge is 0.337 e. The lowest BCUT2D eigenvalue weighted by Crippen LogP contribution is -2.31. The third-order valence-electron chi connectivity index (χ3n) is 4.81. The predicted molar refractivity (Wildman–Crippen MR) is 111 cm³/mol. The molecule has 0 radical (unpaired) electrons. The molecule has 1 unspecified atom stereocenters. The van der Waals surface area contributed by atoms with Crippen LogP contribution < -0.4 is 10.6 Å². The molecule has 0 bridgehead atoms. The van der Waals surface area contributed by atoms with E-state index in [4.69, 9.17) is 4.74 Å². The van der Waals surface area contributed by atoms with Crippen LogP contribution in [0.2, 0.25) is 0 Å². The van der Waals surface area contributed by atoms with Crippen molar-refractivity contribution in [3.63, 3.8) is 0 Å². The van der Waals surface area contributed by atoms with Crippen molar-refractivity contribution in [2.75, 3.05) is 37.4 Å². The first kappa shape index (κ1) is 20.4. The van der Waals surface area contributed by atoms with Gasteiger partial charge in [-0.3, -0.25) is 4.79 Å². The number of hydrogen-bond acceptors (Lipinski definition) is 6. The number of para-hydroxylation sites is 2. The van der Waals surface area contributed by atoms with Crippen LogP contribution in [0.3, 0.4) is 0 Å². The maximum absolute atomic E-state index is 12.8. The van der Waals surface area contributed by atoms with Crippen LogP contribution >= 0.6 is 0 Å². The van der Waals surface area contributed by atoms with E-state index in [1.165, 1.54) is 12.0 Å². The van der Waals surface area contributed by atoms with E-state index in [2.05, 4.69) is 17.6 Å². The molecule has 2 aromatic carbocycles. The van der Waals surface area contributed by atoms with Gasteiger partial charge in [-0.05, 0) is 24.6 Å². The lowest BCUT2D eigenvalue weighted by molar-refractivity contribution is -0.136. The van der Waals surface area contributed by atoms with Crippen molar-refractivity contribution >= 4 is 23.3 Å². The van der Waals surface area contributed by atoms with Crippen molar-refractivity contribution in [2.45, 2.75) is 13.0 Å². The Bertz CT molecular complexity index is 911. The topological polar surface area (TPSA) is 90.9 Å². The lowest BCUT2D eigenvalue weighted by Gasteiger charge is -2.20. The number of nitrogens with one attached hydrogen (secondary N) is 2. The summed E-state index contributed by atoms with van der Waals surface area (Å²) in [5, 5.41) is 15.8. The first-order valence-corrected chi connectivity index (χ1v) is 9.44. The number of esters is 1. The van der Waals surface area contributed by atoms with Gasteiger partial charge >= 0.3 is 5.97 Å². The predicted octanol–water partition coefficient (Wildman–Crippen LogP) is 2.53. The van der Waals surface area contributed by atoms with Crippen molar-refractivity contribution in [3.05, 3.63) is 71.4 Å². The van der Waals surface area contributed by atoms with Crippen molar-refractivity contribution in [3.8, 4) is 0 Å². The Morgan fingerprint density at radius 1 is 1.14 bits per heavy atom. The molecule has 1 aliphatic rings. The number of rotatable bonds is 8. The van der Waals surface area contributed by atoms with Gasteiger partial charge in [-0.15, -0.1) is 0 Å². The standard InChI is InChI=1S/C22H25N3O4/c1-15(16-8-4-3-5-9-16)23-18-10-6-7-11-19(18)24-20-17(22(28)29-2)14-25(12-13-26)21(20)27/h3-11,15,23-24,26H,12-14H2,1-2H3. The van der Waals surface area contributed by atoms with E-state index in [1.807, 2.05) is 54.6 Å². The van der Waals surface area contributed by atoms with Gasteiger partial charge in [-0.2, -0.15) is 0 Å². The summed E-state index contributed by atoms with van der Waals surface area (Å²) in [7, 11) is 1.28. The molecule has 7 heteroatoms. The summed E-state index contributed by atoms with van der Waals surface area (Å²) >= 11 is 0. The fourth-order valence-corrected chi connectivity index (χ4v) is 3.26. The average Bonchev–Trinajstić information content (AvgIpc) is 3.05. The molecule has 3 rings (SSSR count). The minimum atomic E-state index is -0.565. The second-order valence-electron chi connectivity index (χ2n) is 6.74.